The molecule has 0 radical (unpaired) electrons. The Morgan fingerprint density at radius 3 is 2.45 bits per heavy atom. The van der Waals surface area contributed by atoms with Gasteiger partial charge in [0.25, 0.3) is 5.56 Å². The number of esters is 1. The molecule has 7 heteroatoms. The van der Waals surface area contributed by atoms with Gasteiger partial charge in [0.1, 0.15) is 5.82 Å². The standard InChI is InChI=1S/C31H33N3O4/c1-4-38-29(36)18-17-28(35)33(20-19-24-12-6-5-7-13-24)23(3)30-32-27-16-9-8-15-26(27)31(37)34(30)25-14-10-11-22(2)21-25/h5-16,21,23H,4,17-20H2,1-3H3. The average Bonchev–Trinajstić information content (AvgIpc) is 2.92. The third-order valence-corrected chi connectivity index (χ3v) is 6.56. The fourth-order valence-electron chi connectivity index (χ4n) is 4.60. The van der Waals surface area contributed by atoms with Crippen molar-refractivity contribution in [3.05, 3.63) is 106 Å². The van der Waals surface area contributed by atoms with Crippen LogP contribution in [0.15, 0.2) is 83.7 Å². The van der Waals surface area contributed by atoms with Crippen LogP contribution >= 0.6 is 0 Å². The lowest BCUT2D eigenvalue weighted by Gasteiger charge is -2.31. The second-order valence-electron chi connectivity index (χ2n) is 9.27. The van der Waals surface area contributed by atoms with Gasteiger partial charge in [0, 0.05) is 13.0 Å². The van der Waals surface area contributed by atoms with Crippen LogP contribution in [0.5, 0.6) is 0 Å². The molecule has 196 valence electrons. The summed E-state index contributed by atoms with van der Waals surface area (Å²) in [6.07, 6.45) is 0.635. The number of aryl methyl sites for hydroxylation is 1. The molecule has 1 aromatic heterocycles. The molecule has 1 atom stereocenters. The van der Waals surface area contributed by atoms with E-state index in [4.69, 9.17) is 9.72 Å². The molecule has 3 aromatic carbocycles. The van der Waals surface area contributed by atoms with Gasteiger partial charge in [0.05, 0.1) is 35.7 Å². The molecule has 0 saturated heterocycles. The molecule has 1 unspecified atom stereocenters. The summed E-state index contributed by atoms with van der Waals surface area (Å²) in [4.78, 5) is 45.9. The molecular formula is C31H33N3O4. The number of hydrogen-bond acceptors (Lipinski definition) is 5. The zero-order valence-electron chi connectivity index (χ0n) is 22.1. The van der Waals surface area contributed by atoms with Crippen molar-refractivity contribution in [2.24, 2.45) is 0 Å². The van der Waals surface area contributed by atoms with Crippen LogP contribution in [0, 0.1) is 6.92 Å². The molecule has 0 fully saturated rings. The molecule has 0 saturated carbocycles. The van der Waals surface area contributed by atoms with Gasteiger partial charge in [-0.1, -0.05) is 54.6 Å². The van der Waals surface area contributed by atoms with Crippen molar-refractivity contribution in [1.29, 1.82) is 0 Å². The number of hydrogen-bond donors (Lipinski definition) is 0. The maximum atomic E-state index is 13.8. The summed E-state index contributed by atoms with van der Waals surface area (Å²) < 4.78 is 6.64. The van der Waals surface area contributed by atoms with E-state index in [1.807, 2.05) is 86.6 Å². The van der Waals surface area contributed by atoms with Crippen LogP contribution in [0.1, 0.15) is 49.7 Å². The lowest BCUT2D eigenvalue weighted by molar-refractivity contribution is -0.146. The molecular weight excluding hydrogens is 478 g/mol. The Balaban J connectivity index is 1.78. The lowest BCUT2D eigenvalue weighted by atomic mass is 10.1. The van der Waals surface area contributed by atoms with Crippen molar-refractivity contribution < 1.29 is 14.3 Å². The fraction of sp³-hybridized carbons (Fsp3) is 0.290. The molecule has 0 aliphatic rings. The quantitative estimate of drug-likeness (QED) is 0.275. The maximum Gasteiger partial charge on any atom is 0.306 e. The first-order valence-electron chi connectivity index (χ1n) is 13.0. The van der Waals surface area contributed by atoms with Gasteiger partial charge in [-0.2, -0.15) is 0 Å². The maximum absolute atomic E-state index is 13.8. The van der Waals surface area contributed by atoms with Crippen molar-refractivity contribution in [3.63, 3.8) is 0 Å². The molecule has 4 aromatic rings. The highest BCUT2D eigenvalue weighted by molar-refractivity contribution is 5.82. The number of carbonyl (C=O) groups excluding carboxylic acids is 2. The third-order valence-electron chi connectivity index (χ3n) is 6.56. The highest BCUT2D eigenvalue weighted by Crippen LogP contribution is 2.24. The van der Waals surface area contributed by atoms with Crippen molar-refractivity contribution in [3.8, 4) is 5.69 Å². The smallest absolute Gasteiger partial charge is 0.306 e. The van der Waals surface area contributed by atoms with E-state index in [0.717, 1.165) is 11.1 Å². The van der Waals surface area contributed by atoms with E-state index in [1.165, 1.54) is 0 Å². The van der Waals surface area contributed by atoms with Crippen LogP contribution in [0.4, 0.5) is 0 Å². The average molecular weight is 512 g/mol. The van der Waals surface area contributed by atoms with E-state index in [-0.39, 0.29) is 30.9 Å². The Labute approximate surface area is 222 Å². The Bertz CT molecular complexity index is 1480. The van der Waals surface area contributed by atoms with Gasteiger partial charge < -0.3 is 9.64 Å². The van der Waals surface area contributed by atoms with Crippen LogP contribution in [-0.2, 0) is 20.7 Å². The molecule has 0 spiro atoms. The van der Waals surface area contributed by atoms with Gasteiger partial charge in [-0.25, -0.2) is 4.98 Å². The Hall–Kier alpha value is -4.26. The molecule has 7 nitrogen and oxygen atoms in total. The van der Waals surface area contributed by atoms with Crippen LogP contribution in [-0.4, -0.2) is 39.5 Å². The van der Waals surface area contributed by atoms with Gasteiger partial charge in [-0.05, 0) is 62.6 Å². The highest BCUT2D eigenvalue weighted by atomic mass is 16.5. The summed E-state index contributed by atoms with van der Waals surface area (Å²) in [7, 11) is 0. The van der Waals surface area contributed by atoms with Gasteiger partial charge >= 0.3 is 5.97 Å². The predicted molar refractivity (Wildman–Crippen MR) is 148 cm³/mol. The largest absolute Gasteiger partial charge is 0.466 e. The normalized spacial score (nSPS) is 11.8. The topological polar surface area (TPSA) is 81.5 Å². The number of nitrogens with zero attached hydrogens (tertiary/aromatic N) is 3. The Kier molecular flexibility index (Phi) is 8.69. The minimum atomic E-state index is -0.536. The van der Waals surface area contributed by atoms with E-state index in [9.17, 15) is 14.4 Å². The van der Waals surface area contributed by atoms with Gasteiger partial charge in [-0.3, -0.25) is 19.0 Å². The number of aromatic nitrogens is 2. The number of amides is 1. The Morgan fingerprint density at radius 2 is 1.71 bits per heavy atom. The van der Waals surface area contributed by atoms with E-state index < -0.39 is 12.0 Å². The van der Waals surface area contributed by atoms with Crippen LogP contribution in [0.3, 0.4) is 0 Å². The highest BCUT2D eigenvalue weighted by Gasteiger charge is 2.27. The van der Waals surface area contributed by atoms with E-state index in [0.29, 0.717) is 35.4 Å². The van der Waals surface area contributed by atoms with Crippen molar-refractivity contribution in [2.75, 3.05) is 13.2 Å². The number of para-hydroxylation sites is 1. The zero-order valence-corrected chi connectivity index (χ0v) is 22.1. The van der Waals surface area contributed by atoms with Gasteiger partial charge in [-0.15, -0.1) is 0 Å². The molecule has 38 heavy (non-hydrogen) atoms. The Morgan fingerprint density at radius 1 is 0.974 bits per heavy atom. The minimum Gasteiger partial charge on any atom is -0.466 e. The van der Waals surface area contributed by atoms with Crippen LogP contribution in [0.25, 0.3) is 16.6 Å². The van der Waals surface area contributed by atoms with E-state index in [2.05, 4.69) is 0 Å². The third kappa shape index (κ3) is 6.17. The van der Waals surface area contributed by atoms with Crippen LogP contribution in [0.2, 0.25) is 0 Å². The number of fused-ring (bicyclic) bond motifs is 1. The lowest BCUT2D eigenvalue weighted by Crippen LogP contribution is -2.39. The predicted octanol–water partition coefficient (Wildman–Crippen LogP) is 5.17. The van der Waals surface area contributed by atoms with Gasteiger partial charge in [0.15, 0.2) is 0 Å². The monoisotopic (exact) mass is 511 g/mol. The molecule has 0 aliphatic carbocycles. The first kappa shape index (κ1) is 26.8. The summed E-state index contributed by atoms with van der Waals surface area (Å²) in [6.45, 7) is 6.27. The molecule has 0 aliphatic heterocycles. The van der Waals surface area contributed by atoms with Gasteiger partial charge in [0.2, 0.25) is 5.91 Å². The number of rotatable bonds is 10. The van der Waals surface area contributed by atoms with Crippen molar-refractivity contribution >= 4 is 22.8 Å². The summed E-state index contributed by atoms with van der Waals surface area (Å²) >= 11 is 0. The van der Waals surface area contributed by atoms with E-state index in [1.54, 1.807) is 22.5 Å². The summed E-state index contributed by atoms with van der Waals surface area (Å²) in [5.41, 5.74) is 3.17. The van der Waals surface area contributed by atoms with E-state index >= 15 is 0 Å². The number of benzene rings is 3. The first-order valence-corrected chi connectivity index (χ1v) is 13.0. The summed E-state index contributed by atoms with van der Waals surface area (Å²) in [5, 5.41) is 0.509. The fourth-order valence-corrected chi connectivity index (χ4v) is 4.60. The summed E-state index contributed by atoms with van der Waals surface area (Å²) in [5.74, 6) is -0.131. The second-order valence-corrected chi connectivity index (χ2v) is 9.27. The first-order chi connectivity index (χ1) is 18.4. The second kappa shape index (κ2) is 12.3. The van der Waals surface area contributed by atoms with Crippen LogP contribution < -0.4 is 5.56 Å². The number of ether oxygens (including phenoxy) is 1. The SMILES string of the molecule is CCOC(=O)CCC(=O)N(CCc1ccccc1)C(C)c1nc2ccccc2c(=O)n1-c1cccc(C)c1. The molecule has 1 amide bonds. The molecule has 0 bridgehead atoms. The molecule has 0 N–H and O–H groups in total. The van der Waals surface area contributed by atoms with Crippen molar-refractivity contribution in [1.82, 2.24) is 14.5 Å². The summed E-state index contributed by atoms with van der Waals surface area (Å²) in [6, 6.07) is 24.3. The zero-order chi connectivity index (χ0) is 27.1. The molecule has 1 heterocycles. The minimum absolute atomic E-state index is 0.00291. The number of carbonyl (C=O) groups is 2. The van der Waals surface area contributed by atoms with Crippen molar-refractivity contribution in [2.45, 2.75) is 46.1 Å². The molecule has 4 rings (SSSR count).